The molecule has 0 saturated heterocycles. The van der Waals surface area contributed by atoms with Crippen molar-refractivity contribution in [2.75, 3.05) is 5.32 Å². The highest BCUT2D eigenvalue weighted by Gasteiger charge is 2.25. The normalized spacial score (nSPS) is 11.0. The molecule has 0 unspecified atom stereocenters. The van der Waals surface area contributed by atoms with Crippen LogP contribution < -0.4 is 5.32 Å². The molecule has 1 amide bonds. The van der Waals surface area contributed by atoms with Crippen LogP contribution in [0, 0.1) is 24.0 Å². The lowest BCUT2D eigenvalue weighted by atomic mass is 10.2. The van der Waals surface area contributed by atoms with Gasteiger partial charge in [0, 0.05) is 11.2 Å². The zero-order valence-corrected chi connectivity index (χ0v) is 19.8. The zero-order valence-electron chi connectivity index (χ0n) is 17.5. The highest BCUT2D eigenvalue weighted by Crippen LogP contribution is 2.24. The Bertz CT molecular complexity index is 1340. The first-order valence-electron chi connectivity index (χ1n) is 9.64. The first-order chi connectivity index (χ1) is 15.7. The Labute approximate surface area is 200 Å². The van der Waals surface area contributed by atoms with Crippen LogP contribution in [0.4, 0.5) is 11.6 Å². The molecule has 13 heteroatoms. The van der Waals surface area contributed by atoms with Gasteiger partial charge in [-0.15, -0.1) is 0 Å². The minimum atomic E-state index is -0.574. The molecule has 0 aliphatic carbocycles. The second-order valence-electron chi connectivity index (χ2n) is 7.23. The van der Waals surface area contributed by atoms with Crippen LogP contribution >= 0.6 is 27.5 Å². The summed E-state index contributed by atoms with van der Waals surface area (Å²) in [4.78, 5) is 23.4. The van der Waals surface area contributed by atoms with E-state index in [9.17, 15) is 14.9 Å². The first kappa shape index (κ1) is 22.7. The van der Waals surface area contributed by atoms with Crippen LogP contribution in [-0.2, 0) is 13.1 Å². The second kappa shape index (κ2) is 9.16. The number of hydrogen-bond donors (Lipinski definition) is 1. The summed E-state index contributed by atoms with van der Waals surface area (Å²) in [6, 6.07) is 8.72. The summed E-state index contributed by atoms with van der Waals surface area (Å²) in [5.74, 6) is -0.0853. The molecule has 1 aromatic carbocycles. The largest absolute Gasteiger partial charge is 0.390 e. The van der Waals surface area contributed by atoms with Gasteiger partial charge >= 0.3 is 5.82 Å². The Balaban J connectivity index is 1.52. The molecule has 170 valence electrons. The molecule has 0 aliphatic heterocycles. The number of hydrogen-bond acceptors (Lipinski definition) is 7. The molecule has 0 fully saturated rings. The number of nitrogens with zero attached hydrogens (tertiary/aromatic N) is 6. The predicted octanol–water partition coefficient (Wildman–Crippen LogP) is 4.36. The van der Waals surface area contributed by atoms with Crippen LogP contribution in [-0.4, -0.2) is 35.5 Å². The summed E-state index contributed by atoms with van der Waals surface area (Å²) in [6.45, 7) is 3.91. The average molecular weight is 535 g/mol. The smallest absolute Gasteiger partial charge is 0.361 e. The van der Waals surface area contributed by atoms with Crippen LogP contribution in [0.5, 0.6) is 0 Å². The molecule has 0 bridgehead atoms. The molecule has 0 atom stereocenters. The third kappa shape index (κ3) is 4.96. The maximum Gasteiger partial charge on any atom is 0.390 e. The van der Waals surface area contributed by atoms with Crippen molar-refractivity contribution in [1.29, 1.82) is 0 Å². The van der Waals surface area contributed by atoms with Gasteiger partial charge in [0.15, 0.2) is 11.5 Å². The number of nitro groups is 1. The highest BCUT2D eigenvalue weighted by atomic mass is 79.9. The van der Waals surface area contributed by atoms with Gasteiger partial charge in [0.1, 0.15) is 5.76 Å². The maximum atomic E-state index is 12.9. The van der Waals surface area contributed by atoms with Gasteiger partial charge in [0.05, 0.1) is 40.0 Å². The number of benzene rings is 1. The second-order valence-corrected chi connectivity index (χ2v) is 8.52. The molecule has 0 saturated carbocycles. The van der Waals surface area contributed by atoms with Gasteiger partial charge in [-0.25, -0.2) is 0 Å². The Morgan fingerprint density at radius 2 is 1.97 bits per heavy atom. The molecule has 3 heterocycles. The van der Waals surface area contributed by atoms with Crippen LogP contribution in [0.3, 0.4) is 0 Å². The van der Waals surface area contributed by atoms with E-state index in [0.29, 0.717) is 38.9 Å². The molecule has 1 N–H and O–H groups in total. The predicted molar refractivity (Wildman–Crippen MR) is 122 cm³/mol. The summed E-state index contributed by atoms with van der Waals surface area (Å²) in [5.41, 5.74) is 2.07. The lowest BCUT2D eigenvalue weighted by Gasteiger charge is -2.04. The monoisotopic (exact) mass is 533 g/mol. The van der Waals surface area contributed by atoms with E-state index in [1.807, 2.05) is 12.1 Å². The zero-order chi connectivity index (χ0) is 23.7. The van der Waals surface area contributed by atoms with E-state index in [-0.39, 0.29) is 18.1 Å². The number of amides is 1. The van der Waals surface area contributed by atoms with Gasteiger partial charge in [-0.2, -0.15) is 9.78 Å². The Kier molecular flexibility index (Phi) is 6.29. The average Bonchev–Trinajstić information content (AvgIpc) is 3.42. The van der Waals surface area contributed by atoms with Gasteiger partial charge in [0.25, 0.3) is 5.91 Å². The molecule has 33 heavy (non-hydrogen) atoms. The summed E-state index contributed by atoms with van der Waals surface area (Å²) in [7, 11) is 0. The Morgan fingerprint density at radius 3 is 2.64 bits per heavy atom. The third-order valence-corrected chi connectivity index (χ3v) is 5.70. The number of carbonyl (C=O) groups is 1. The van der Waals surface area contributed by atoms with Gasteiger partial charge in [-0.1, -0.05) is 28.9 Å². The Morgan fingerprint density at radius 1 is 1.24 bits per heavy atom. The van der Waals surface area contributed by atoms with Crippen LogP contribution in [0.25, 0.3) is 0 Å². The van der Waals surface area contributed by atoms with E-state index in [2.05, 4.69) is 36.6 Å². The van der Waals surface area contributed by atoms with Crippen molar-refractivity contribution >= 4 is 45.1 Å². The van der Waals surface area contributed by atoms with Gasteiger partial charge < -0.3 is 20.0 Å². The van der Waals surface area contributed by atoms with Crippen molar-refractivity contribution in [1.82, 2.24) is 24.7 Å². The third-order valence-electron chi connectivity index (χ3n) is 4.87. The van der Waals surface area contributed by atoms with Crippen LogP contribution in [0.15, 0.2) is 45.5 Å². The summed E-state index contributed by atoms with van der Waals surface area (Å²) < 4.78 is 8.89. The lowest BCUT2D eigenvalue weighted by Crippen LogP contribution is -2.17. The number of aromatic nitrogens is 5. The van der Waals surface area contributed by atoms with Gasteiger partial charge in [0.2, 0.25) is 0 Å². The Hall–Kier alpha value is -3.51. The molecule has 0 spiro atoms. The van der Waals surface area contributed by atoms with Crippen LogP contribution in [0.2, 0.25) is 5.02 Å². The van der Waals surface area contributed by atoms with Crippen LogP contribution in [0.1, 0.15) is 33.1 Å². The summed E-state index contributed by atoms with van der Waals surface area (Å²) in [6.07, 6.45) is 1.74. The number of carbonyl (C=O) groups excluding carboxylic acids is 1. The highest BCUT2D eigenvalue weighted by molar-refractivity contribution is 9.10. The van der Waals surface area contributed by atoms with E-state index in [0.717, 1.165) is 5.56 Å². The summed E-state index contributed by atoms with van der Waals surface area (Å²) >= 11 is 9.33. The fourth-order valence-electron chi connectivity index (χ4n) is 3.15. The molecule has 4 aromatic rings. The standard InChI is InChI=1S/C20H17BrClN7O4/c1-11-7-17(29(31)32)24-28(11)9-15-12(2)33-26-18(15)20(30)23-19-16(21)10-27(25-19)8-13-3-5-14(22)6-4-13/h3-7,10H,8-9H2,1-2H3,(H,23,25,30). The fraction of sp³-hybridized carbons (Fsp3) is 0.200. The maximum absolute atomic E-state index is 12.9. The van der Waals surface area contributed by atoms with Crippen molar-refractivity contribution in [3.05, 3.63) is 84.4 Å². The topological polar surface area (TPSA) is 134 Å². The molecular weight excluding hydrogens is 518 g/mol. The SMILES string of the molecule is Cc1onc(C(=O)Nc2nn(Cc3ccc(Cl)cc3)cc2Br)c1Cn1nc([N+](=O)[O-])cc1C. The minimum Gasteiger partial charge on any atom is -0.361 e. The molecular formula is C20H17BrClN7O4. The molecule has 11 nitrogen and oxygen atoms in total. The fourth-order valence-corrected chi connectivity index (χ4v) is 3.69. The quantitative estimate of drug-likeness (QED) is 0.275. The minimum absolute atomic E-state index is 0.0456. The van der Waals surface area contributed by atoms with E-state index >= 15 is 0 Å². The number of halogens is 2. The molecule has 0 aliphatic rings. The number of aryl methyl sites for hydroxylation is 2. The van der Waals surface area contributed by atoms with E-state index in [4.69, 9.17) is 16.1 Å². The van der Waals surface area contributed by atoms with Crippen molar-refractivity contribution in [3.63, 3.8) is 0 Å². The number of rotatable bonds is 7. The molecule has 3 aromatic heterocycles. The number of anilines is 1. The number of nitrogens with one attached hydrogen (secondary N) is 1. The van der Waals surface area contributed by atoms with E-state index in [1.165, 1.54) is 10.7 Å². The molecule has 4 rings (SSSR count). The van der Waals surface area contributed by atoms with Crippen molar-refractivity contribution in [2.24, 2.45) is 0 Å². The van der Waals surface area contributed by atoms with Crippen molar-refractivity contribution in [2.45, 2.75) is 26.9 Å². The van der Waals surface area contributed by atoms with Crippen molar-refractivity contribution < 1.29 is 14.2 Å². The van der Waals surface area contributed by atoms with E-state index in [1.54, 1.807) is 36.9 Å². The molecule has 0 radical (unpaired) electrons. The van der Waals surface area contributed by atoms with E-state index < -0.39 is 10.8 Å². The summed E-state index contributed by atoms with van der Waals surface area (Å²) in [5, 5.41) is 26.6. The van der Waals surface area contributed by atoms with Gasteiger partial charge in [-0.3, -0.25) is 9.48 Å². The van der Waals surface area contributed by atoms with Gasteiger partial charge in [-0.05, 0) is 52.4 Å². The van der Waals surface area contributed by atoms with Crippen molar-refractivity contribution in [3.8, 4) is 0 Å². The first-order valence-corrected chi connectivity index (χ1v) is 10.8. The lowest BCUT2D eigenvalue weighted by molar-refractivity contribution is -0.389.